The summed E-state index contributed by atoms with van der Waals surface area (Å²) in [4.78, 5) is 14.3. The molecule has 2 saturated carbocycles. The second-order valence-electron chi connectivity index (χ2n) is 10.0. The van der Waals surface area contributed by atoms with Gasteiger partial charge in [0.25, 0.3) is 0 Å². The number of nitrogens with one attached hydrogen (secondary N) is 3. The molecular weight excluding hydrogens is 414 g/mol. The van der Waals surface area contributed by atoms with E-state index in [1.165, 1.54) is 11.3 Å². The zero-order valence-electron chi connectivity index (χ0n) is 21.3. The first-order valence-electron chi connectivity index (χ1n) is 12.2. The summed E-state index contributed by atoms with van der Waals surface area (Å²) in [6.45, 7) is 12.7. The van der Waals surface area contributed by atoms with Crippen molar-refractivity contribution in [3.05, 3.63) is 46.6 Å². The van der Waals surface area contributed by atoms with E-state index >= 15 is 0 Å². The summed E-state index contributed by atoms with van der Waals surface area (Å²) in [6.07, 6.45) is 9.73. The third-order valence-electron chi connectivity index (χ3n) is 6.89. The molecule has 3 rings (SSSR count). The molecule has 0 radical (unpaired) electrons. The van der Waals surface area contributed by atoms with Gasteiger partial charge >= 0.3 is 6.09 Å². The molecule has 2 atom stereocenters. The Labute approximate surface area is 198 Å². The molecular formula is C26H41N5O2. The molecule has 1 aromatic heterocycles. The van der Waals surface area contributed by atoms with Crippen molar-refractivity contribution in [2.45, 2.75) is 97.6 Å². The van der Waals surface area contributed by atoms with Crippen molar-refractivity contribution >= 4 is 11.9 Å². The average Bonchev–Trinajstić information content (AvgIpc) is 3.15. The minimum Gasteiger partial charge on any atom is -0.446 e. The lowest BCUT2D eigenvalue weighted by Gasteiger charge is -2.26. The Hall–Kier alpha value is -2.70. The van der Waals surface area contributed by atoms with Crippen LogP contribution in [0.25, 0.3) is 0 Å². The lowest BCUT2D eigenvalue weighted by Crippen LogP contribution is -2.36. The van der Waals surface area contributed by atoms with Gasteiger partial charge in [0.15, 0.2) is 5.82 Å². The van der Waals surface area contributed by atoms with E-state index in [9.17, 15) is 4.79 Å². The minimum absolute atomic E-state index is 0.0413. The van der Waals surface area contributed by atoms with Gasteiger partial charge in [-0.3, -0.25) is 5.10 Å². The molecule has 1 heterocycles. The van der Waals surface area contributed by atoms with E-state index < -0.39 is 0 Å². The summed E-state index contributed by atoms with van der Waals surface area (Å²) in [5.41, 5.74) is 4.65. The molecule has 2 fully saturated rings. The Morgan fingerprint density at radius 3 is 2.67 bits per heavy atom. The molecule has 0 aliphatic heterocycles. The largest absolute Gasteiger partial charge is 0.446 e. The Balaban J connectivity index is 1.66. The van der Waals surface area contributed by atoms with Crippen molar-refractivity contribution < 1.29 is 9.53 Å². The third kappa shape index (κ3) is 6.65. The first-order valence-corrected chi connectivity index (χ1v) is 12.2. The average molecular weight is 456 g/mol. The van der Waals surface area contributed by atoms with E-state index in [0.29, 0.717) is 5.92 Å². The van der Waals surface area contributed by atoms with Gasteiger partial charge in [-0.25, -0.2) is 4.79 Å². The highest BCUT2D eigenvalue weighted by Crippen LogP contribution is 2.37. The molecule has 2 aliphatic rings. The molecule has 1 amide bonds. The second-order valence-corrected chi connectivity index (χ2v) is 10.0. The van der Waals surface area contributed by atoms with Crippen LogP contribution >= 0.6 is 0 Å². The SMILES string of the molecule is CC/C=C/C(C)=C(/Nc1cc(C2CCC(OC(=O)NC3(C)CC3)C2)[nH]n1)N(C)C(C)=C(C)C. The van der Waals surface area contributed by atoms with Gasteiger partial charge in [0.2, 0.25) is 0 Å². The standard InChI is InChI=1S/C26H41N5O2/c1-8-9-10-18(4)24(31(7)19(5)17(2)3)27-23-16-22(29-30-23)20-11-12-21(15-20)33-25(32)28-26(6)13-14-26/h9-10,16,20-21H,8,11-15H2,1-7H3,(H,28,32)(H2,27,29,30)/b10-9+,24-18-. The van der Waals surface area contributed by atoms with Crippen LogP contribution in [0.4, 0.5) is 10.6 Å². The topological polar surface area (TPSA) is 82.3 Å². The van der Waals surface area contributed by atoms with Crippen LogP contribution in [0.2, 0.25) is 0 Å². The maximum Gasteiger partial charge on any atom is 0.407 e. The molecule has 0 aromatic carbocycles. The maximum absolute atomic E-state index is 12.1. The van der Waals surface area contributed by atoms with Gasteiger partial charge in [0.05, 0.1) is 0 Å². The van der Waals surface area contributed by atoms with Crippen molar-refractivity contribution in [1.82, 2.24) is 20.4 Å². The third-order valence-corrected chi connectivity index (χ3v) is 6.89. The molecule has 33 heavy (non-hydrogen) atoms. The fraction of sp³-hybridized carbons (Fsp3) is 0.615. The summed E-state index contributed by atoms with van der Waals surface area (Å²) in [5, 5.41) is 14.2. The molecule has 0 saturated heterocycles. The Morgan fingerprint density at radius 2 is 2.03 bits per heavy atom. The molecule has 7 heteroatoms. The van der Waals surface area contributed by atoms with Gasteiger partial charge in [0, 0.05) is 36.0 Å². The molecule has 3 N–H and O–H groups in total. The predicted molar refractivity (Wildman–Crippen MR) is 134 cm³/mol. The summed E-state index contributed by atoms with van der Waals surface area (Å²) < 4.78 is 5.67. The van der Waals surface area contributed by atoms with E-state index in [1.807, 2.05) is 0 Å². The number of hydrogen-bond donors (Lipinski definition) is 3. The number of aromatic amines is 1. The quantitative estimate of drug-likeness (QED) is 0.387. The zero-order chi connectivity index (χ0) is 24.2. The van der Waals surface area contributed by atoms with Gasteiger partial charge in [-0.15, -0.1) is 0 Å². The fourth-order valence-corrected chi connectivity index (χ4v) is 4.12. The van der Waals surface area contributed by atoms with Gasteiger partial charge in [-0.05, 0) is 78.7 Å². The van der Waals surface area contributed by atoms with Crippen LogP contribution in [0.15, 0.2) is 40.9 Å². The number of ether oxygens (including phenoxy) is 1. The Bertz CT molecular complexity index is 934. The van der Waals surface area contributed by atoms with E-state index in [4.69, 9.17) is 4.74 Å². The molecule has 182 valence electrons. The number of carbonyl (C=O) groups is 1. The molecule has 0 spiro atoms. The maximum atomic E-state index is 12.1. The first kappa shape index (κ1) is 24.9. The van der Waals surface area contributed by atoms with Crippen LogP contribution in [-0.4, -0.2) is 39.9 Å². The number of rotatable bonds is 9. The molecule has 2 aliphatic carbocycles. The van der Waals surface area contributed by atoms with Crippen LogP contribution < -0.4 is 10.6 Å². The van der Waals surface area contributed by atoms with E-state index in [1.54, 1.807) is 0 Å². The smallest absolute Gasteiger partial charge is 0.407 e. The van der Waals surface area contributed by atoms with Crippen LogP contribution in [0, 0.1) is 0 Å². The van der Waals surface area contributed by atoms with Crippen molar-refractivity contribution in [1.29, 1.82) is 0 Å². The number of hydrogen-bond acceptors (Lipinski definition) is 5. The van der Waals surface area contributed by atoms with E-state index in [0.717, 1.165) is 61.4 Å². The van der Waals surface area contributed by atoms with E-state index in [2.05, 4.69) is 92.5 Å². The monoisotopic (exact) mass is 455 g/mol. The zero-order valence-corrected chi connectivity index (χ0v) is 21.3. The molecule has 7 nitrogen and oxygen atoms in total. The van der Waals surface area contributed by atoms with Gasteiger partial charge in [-0.1, -0.05) is 24.6 Å². The number of H-pyrrole nitrogens is 1. The number of aromatic nitrogens is 2. The molecule has 0 bridgehead atoms. The van der Waals surface area contributed by atoms with E-state index in [-0.39, 0.29) is 17.7 Å². The number of allylic oxidation sites excluding steroid dienone is 5. The first-order chi connectivity index (χ1) is 15.6. The fourth-order valence-electron chi connectivity index (χ4n) is 4.12. The van der Waals surface area contributed by atoms with Crippen molar-refractivity contribution in [2.75, 3.05) is 12.4 Å². The predicted octanol–water partition coefficient (Wildman–Crippen LogP) is 6.18. The normalized spacial score (nSPS) is 22.0. The molecule has 2 unspecified atom stereocenters. The molecule has 1 aromatic rings. The summed E-state index contributed by atoms with van der Waals surface area (Å²) in [7, 11) is 2.08. The van der Waals surface area contributed by atoms with Crippen LogP contribution in [0.3, 0.4) is 0 Å². The highest BCUT2D eigenvalue weighted by molar-refractivity contribution is 5.69. The number of alkyl carbamates (subject to hydrolysis) is 1. The second kappa shape index (κ2) is 10.5. The van der Waals surface area contributed by atoms with Crippen molar-refractivity contribution in [3.63, 3.8) is 0 Å². The van der Waals surface area contributed by atoms with Crippen LogP contribution in [0.5, 0.6) is 0 Å². The van der Waals surface area contributed by atoms with Crippen molar-refractivity contribution in [2.24, 2.45) is 0 Å². The Kier molecular flexibility index (Phi) is 7.92. The summed E-state index contributed by atoms with van der Waals surface area (Å²) >= 11 is 0. The lowest BCUT2D eigenvalue weighted by atomic mass is 10.0. The number of anilines is 1. The minimum atomic E-state index is -0.282. The number of carbonyl (C=O) groups excluding carboxylic acids is 1. The number of nitrogens with zero attached hydrogens (tertiary/aromatic N) is 2. The van der Waals surface area contributed by atoms with Gasteiger partial charge in [0.1, 0.15) is 11.9 Å². The van der Waals surface area contributed by atoms with Crippen LogP contribution in [-0.2, 0) is 4.74 Å². The summed E-state index contributed by atoms with van der Waals surface area (Å²) in [5.74, 6) is 2.11. The highest BCUT2D eigenvalue weighted by Gasteiger charge is 2.40. The Morgan fingerprint density at radius 1 is 1.30 bits per heavy atom. The highest BCUT2D eigenvalue weighted by atomic mass is 16.6. The number of amides is 1. The van der Waals surface area contributed by atoms with Crippen LogP contribution in [0.1, 0.15) is 91.7 Å². The van der Waals surface area contributed by atoms with Crippen molar-refractivity contribution in [3.8, 4) is 0 Å². The lowest BCUT2D eigenvalue weighted by molar-refractivity contribution is 0.0967. The van der Waals surface area contributed by atoms with Gasteiger partial charge < -0.3 is 20.3 Å². The summed E-state index contributed by atoms with van der Waals surface area (Å²) in [6, 6.07) is 2.08. The van der Waals surface area contributed by atoms with Gasteiger partial charge in [-0.2, -0.15) is 5.10 Å².